The minimum absolute atomic E-state index is 0.764. The topological polar surface area (TPSA) is 36.9 Å². The molecule has 1 aliphatic carbocycles. The number of hydrogen-bond acceptors (Lipinski definition) is 2. The fourth-order valence-electron chi connectivity index (χ4n) is 2.23. The summed E-state index contributed by atoms with van der Waals surface area (Å²) in [4.78, 5) is 6.43. The van der Waals surface area contributed by atoms with Crippen LogP contribution in [-0.2, 0) is 11.3 Å². The largest absolute Gasteiger partial charge is 0.381 e. The summed E-state index contributed by atoms with van der Waals surface area (Å²) in [6.45, 7) is 3.43. The lowest BCUT2D eigenvalue weighted by Crippen LogP contribution is -2.39. The van der Waals surface area contributed by atoms with Gasteiger partial charge in [0.15, 0.2) is 5.96 Å². The van der Waals surface area contributed by atoms with Crippen LogP contribution in [0.25, 0.3) is 0 Å². The third-order valence-corrected chi connectivity index (χ3v) is 3.96. The van der Waals surface area contributed by atoms with E-state index in [0.717, 1.165) is 49.6 Å². The molecule has 0 radical (unpaired) electrons. The molecule has 0 saturated heterocycles. The second-order valence-corrected chi connectivity index (χ2v) is 6.26. The Bertz CT molecular complexity index is 471. The first-order chi connectivity index (χ1) is 10.7. The maximum atomic E-state index is 5.91. The molecule has 22 heavy (non-hydrogen) atoms. The van der Waals surface area contributed by atoms with Gasteiger partial charge in [0.25, 0.3) is 0 Å². The minimum Gasteiger partial charge on any atom is -0.381 e. The third kappa shape index (κ3) is 6.24. The molecule has 0 atom stereocenters. The van der Waals surface area contributed by atoms with Gasteiger partial charge in [-0.2, -0.15) is 0 Å². The number of aliphatic imine (C=N–C) groups is 1. The molecule has 1 aromatic carbocycles. The molecule has 0 spiro atoms. The molecule has 1 aromatic rings. The predicted octanol–water partition coefficient (Wildman–Crippen LogP) is 3.16. The van der Waals surface area contributed by atoms with Gasteiger partial charge >= 0.3 is 0 Å². The van der Waals surface area contributed by atoms with E-state index in [1.807, 2.05) is 38.4 Å². The highest BCUT2D eigenvalue weighted by Gasteiger charge is 2.20. The minimum atomic E-state index is 0.764. The Balaban J connectivity index is 1.64. The normalized spacial score (nSPS) is 15.0. The van der Waals surface area contributed by atoms with Gasteiger partial charge in [-0.3, -0.25) is 4.99 Å². The number of nitrogens with one attached hydrogen (secondary N) is 1. The van der Waals surface area contributed by atoms with E-state index >= 15 is 0 Å². The van der Waals surface area contributed by atoms with Crippen LogP contribution in [0.4, 0.5) is 0 Å². The summed E-state index contributed by atoms with van der Waals surface area (Å²) >= 11 is 5.91. The van der Waals surface area contributed by atoms with Gasteiger partial charge in [-0.05, 0) is 42.9 Å². The van der Waals surface area contributed by atoms with Crippen molar-refractivity contribution < 1.29 is 4.74 Å². The summed E-state index contributed by atoms with van der Waals surface area (Å²) in [6.07, 6.45) is 3.70. The molecule has 0 bridgehead atoms. The maximum absolute atomic E-state index is 5.91. The van der Waals surface area contributed by atoms with Gasteiger partial charge in [0.1, 0.15) is 0 Å². The lowest BCUT2D eigenvalue weighted by atomic mass is 10.2. The second kappa shape index (κ2) is 9.01. The third-order valence-electron chi connectivity index (χ3n) is 3.71. The van der Waals surface area contributed by atoms with E-state index in [2.05, 4.69) is 15.2 Å². The van der Waals surface area contributed by atoms with Crippen LogP contribution in [0.5, 0.6) is 0 Å². The summed E-state index contributed by atoms with van der Waals surface area (Å²) in [5.74, 6) is 1.74. The molecule has 0 amide bonds. The number of ether oxygens (including phenoxy) is 1. The van der Waals surface area contributed by atoms with E-state index < -0.39 is 0 Å². The van der Waals surface area contributed by atoms with Crippen LogP contribution >= 0.6 is 11.6 Å². The van der Waals surface area contributed by atoms with Crippen molar-refractivity contribution in [3.05, 3.63) is 34.9 Å². The van der Waals surface area contributed by atoms with Crippen LogP contribution in [0.2, 0.25) is 5.02 Å². The van der Waals surface area contributed by atoms with Crippen molar-refractivity contribution in [2.75, 3.05) is 33.9 Å². The van der Waals surface area contributed by atoms with E-state index in [1.54, 1.807) is 0 Å². The average Bonchev–Trinajstić information content (AvgIpc) is 3.33. The van der Waals surface area contributed by atoms with Crippen molar-refractivity contribution in [1.82, 2.24) is 10.2 Å². The molecule has 1 aliphatic rings. The standard InChI is InChI=1S/C17H26ClN3O/c1-19-17(20-10-3-11-22-13-15-4-5-15)21(2)12-14-6-8-16(18)9-7-14/h6-9,15H,3-5,10-13H2,1-2H3,(H,19,20). The molecule has 1 N–H and O–H groups in total. The van der Waals surface area contributed by atoms with Crippen molar-refractivity contribution in [3.8, 4) is 0 Å². The van der Waals surface area contributed by atoms with Gasteiger partial charge in [0.2, 0.25) is 0 Å². The number of nitrogens with zero attached hydrogens (tertiary/aromatic N) is 2. The first kappa shape index (κ1) is 17.1. The van der Waals surface area contributed by atoms with Crippen LogP contribution in [0.15, 0.2) is 29.3 Å². The fourth-order valence-corrected chi connectivity index (χ4v) is 2.36. The van der Waals surface area contributed by atoms with Crippen molar-refractivity contribution in [2.45, 2.75) is 25.8 Å². The number of hydrogen-bond donors (Lipinski definition) is 1. The molecule has 0 heterocycles. The fraction of sp³-hybridized carbons (Fsp3) is 0.588. The summed E-state index contributed by atoms with van der Waals surface area (Å²) in [5, 5.41) is 4.14. The van der Waals surface area contributed by atoms with Gasteiger partial charge in [-0.15, -0.1) is 0 Å². The summed E-state index contributed by atoms with van der Waals surface area (Å²) in [6, 6.07) is 7.91. The van der Waals surface area contributed by atoms with E-state index in [0.29, 0.717) is 0 Å². The van der Waals surface area contributed by atoms with Crippen molar-refractivity contribution >= 4 is 17.6 Å². The number of guanidine groups is 1. The Morgan fingerprint density at radius 1 is 1.36 bits per heavy atom. The summed E-state index contributed by atoms with van der Waals surface area (Å²) in [7, 11) is 3.85. The average molecular weight is 324 g/mol. The van der Waals surface area contributed by atoms with E-state index in [-0.39, 0.29) is 0 Å². The van der Waals surface area contributed by atoms with Gasteiger partial charge in [-0.1, -0.05) is 23.7 Å². The van der Waals surface area contributed by atoms with Crippen LogP contribution in [0.3, 0.4) is 0 Å². The number of benzene rings is 1. The maximum Gasteiger partial charge on any atom is 0.193 e. The molecular formula is C17H26ClN3O. The molecule has 0 unspecified atom stereocenters. The zero-order valence-corrected chi connectivity index (χ0v) is 14.3. The monoisotopic (exact) mass is 323 g/mol. The Morgan fingerprint density at radius 2 is 2.09 bits per heavy atom. The molecule has 0 aromatic heterocycles. The van der Waals surface area contributed by atoms with Gasteiger partial charge in [0.05, 0.1) is 0 Å². The lowest BCUT2D eigenvalue weighted by Gasteiger charge is -2.22. The predicted molar refractivity (Wildman–Crippen MR) is 92.4 cm³/mol. The SMILES string of the molecule is CN=C(NCCCOCC1CC1)N(C)Cc1ccc(Cl)cc1. The van der Waals surface area contributed by atoms with Crippen molar-refractivity contribution in [1.29, 1.82) is 0 Å². The first-order valence-electron chi connectivity index (χ1n) is 7.93. The van der Waals surface area contributed by atoms with Crippen LogP contribution in [-0.4, -0.2) is 44.7 Å². The Kier molecular flexibility index (Phi) is 7.00. The quantitative estimate of drug-likeness (QED) is 0.453. The van der Waals surface area contributed by atoms with Crippen LogP contribution < -0.4 is 5.32 Å². The summed E-state index contributed by atoms with van der Waals surface area (Å²) in [5.41, 5.74) is 1.21. The molecule has 122 valence electrons. The van der Waals surface area contributed by atoms with Crippen LogP contribution in [0.1, 0.15) is 24.8 Å². The zero-order chi connectivity index (χ0) is 15.8. The lowest BCUT2D eigenvalue weighted by molar-refractivity contribution is 0.122. The number of rotatable bonds is 8. The molecule has 0 aliphatic heterocycles. The molecule has 1 fully saturated rings. The summed E-state index contributed by atoms with van der Waals surface area (Å²) < 4.78 is 5.63. The highest BCUT2D eigenvalue weighted by Crippen LogP contribution is 2.28. The second-order valence-electron chi connectivity index (χ2n) is 5.83. The molecule has 5 heteroatoms. The molecule has 1 saturated carbocycles. The first-order valence-corrected chi connectivity index (χ1v) is 8.31. The van der Waals surface area contributed by atoms with E-state index in [1.165, 1.54) is 18.4 Å². The molecule has 2 rings (SSSR count). The van der Waals surface area contributed by atoms with Gasteiger partial charge in [-0.25, -0.2) is 0 Å². The molecule has 4 nitrogen and oxygen atoms in total. The van der Waals surface area contributed by atoms with Crippen molar-refractivity contribution in [3.63, 3.8) is 0 Å². The molecular weight excluding hydrogens is 298 g/mol. The van der Waals surface area contributed by atoms with E-state index in [4.69, 9.17) is 16.3 Å². The highest BCUT2D eigenvalue weighted by atomic mass is 35.5. The number of halogens is 1. The van der Waals surface area contributed by atoms with Crippen LogP contribution in [0, 0.1) is 5.92 Å². The van der Waals surface area contributed by atoms with Gasteiger partial charge < -0.3 is 15.0 Å². The van der Waals surface area contributed by atoms with Gasteiger partial charge in [0, 0.05) is 45.4 Å². The highest BCUT2D eigenvalue weighted by molar-refractivity contribution is 6.30. The Morgan fingerprint density at radius 3 is 2.73 bits per heavy atom. The Labute approximate surface area is 138 Å². The van der Waals surface area contributed by atoms with Crippen molar-refractivity contribution in [2.24, 2.45) is 10.9 Å². The Hall–Kier alpha value is -1.26. The smallest absolute Gasteiger partial charge is 0.193 e. The zero-order valence-electron chi connectivity index (χ0n) is 13.5. The van der Waals surface area contributed by atoms with E-state index in [9.17, 15) is 0 Å².